The third-order valence-corrected chi connectivity index (χ3v) is 3.47. The number of hydrogen-bond donors (Lipinski definition) is 1. The summed E-state index contributed by atoms with van der Waals surface area (Å²) in [5, 5.41) is 2.40. The molecule has 2 rings (SSSR count). The highest BCUT2D eigenvalue weighted by Crippen LogP contribution is 2.29. The molecule has 0 aliphatic heterocycles. The molecule has 0 atom stereocenters. The maximum absolute atomic E-state index is 13.4. The minimum absolute atomic E-state index is 0.407. The molecular formula is C15H9BrF5NO2. The predicted molar refractivity (Wildman–Crippen MR) is 79.2 cm³/mol. The largest absolute Gasteiger partial charge is 0.477 e. The third kappa shape index (κ3) is 3.66. The molecule has 1 N–H and O–H groups in total. The predicted octanol–water partition coefficient (Wildman–Crippen LogP) is 4.47. The molecule has 3 nitrogen and oxygen atoms in total. The highest BCUT2D eigenvalue weighted by molar-refractivity contribution is 9.10. The van der Waals surface area contributed by atoms with Crippen LogP contribution in [0.2, 0.25) is 0 Å². The maximum Gasteiger partial charge on any atom is 0.262 e. The molecule has 0 fully saturated rings. The molecule has 0 heterocycles. The summed E-state index contributed by atoms with van der Waals surface area (Å²) in [6.45, 7) is 0.763. The van der Waals surface area contributed by atoms with Crippen LogP contribution in [0.25, 0.3) is 0 Å². The number of ether oxygens (including phenoxy) is 1. The minimum atomic E-state index is -2.30. The van der Waals surface area contributed by atoms with Gasteiger partial charge in [0.05, 0.1) is 0 Å². The number of benzene rings is 2. The molecule has 1 amide bonds. The molecule has 128 valence electrons. The van der Waals surface area contributed by atoms with Crippen molar-refractivity contribution >= 4 is 27.5 Å². The molecule has 24 heavy (non-hydrogen) atoms. The Morgan fingerprint density at radius 3 is 2.12 bits per heavy atom. The topological polar surface area (TPSA) is 38.3 Å². The smallest absolute Gasteiger partial charge is 0.262 e. The zero-order valence-corrected chi connectivity index (χ0v) is 13.6. The van der Waals surface area contributed by atoms with Gasteiger partial charge in [-0.15, -0.1) is 0 Å². The van der Waals surface area contributed by atoms with E-state index >= 15 is 0 Å². The summed E-state index contributed by atoms with van der Waals surface area (Å²) in [5.74, 6) is -13.2. The number of anilines is 1. The van der Waals surface area contributed by atoms with Crippen molar-refractivity contribution in [2.45, 2.75) is 6.92 Å². The Morgan fingerprint density at radius 1 is 1.04 bits per heavy atom. The number of halogens is 6. The fourth-order valence-corrected chi connectivity index (χ4v) is 2.28. The van der Waals surface area contributed by atoms with Gasteiger partial charge in [-0.1, -0.05) is 15.9 Å². The van der Waals surface area contributed by atoms with Crippen LogP contribution in [-0.4, -0.2) is 12.5 Å². The van der Waals surface area contributed by atoms with E-state index in [0.29, 0.717) is 11.3 Å². The van der Waals surface area contributed by atoms with Gasteiger partial charge in [0.15, 0.2) is 12.4 Å². The Bertz CT molecular complexity index is 784. The SMILES string of the molecule is Cc1cc(Br)ccc1NC(=O)COc1c(F)c(F)c(F)c(F)c1F. The highest BCUT2D eigenvalue weighted by Gasteiger charge is 2.27. The van der Waals surface area contributed by atoms with Crippen molar-refractivity contribution in [1.82, 2.24) is 0 Å². The van der Waals surface area contributed by atoms with Crippen molar-refractivity contribution in [1.29, 1.82) is 0 Å². The second-order valence-corrected chi connectivity index (χ2v) is 5.61. The standard InChI is InChI=1S/C15H9BrF5NO2/c1-6-4-7(16)2-3-8(6)22-9(23)5-24-15-13(20)11(18)10(17)12(19)14(15)21/h2-4H,5H2,1H3,(H,22,23). The Balaban J connectivity index is 2.12. The van der Waals surface area contributed by atoms with Crippen molar-refractivity contribution in [2.75, 3.05) is 11.9 Å². The molecule has 9 heteroatoms. The Labute approximate surface area is 141 Å². The maximum atomic E-state index is 13.4. The van der Waals surface area contributed by atoms with Crippen molar-refractivity contribution in [3.8, 4) is 5.75 Å². The quantitative estimate of drug-likeness (QED) is 0.459. The van der Waals surface area contributed by atoms with E-state index in [0.717, 1.165) is 4.47 Å². The summed E-state index contributed by atoms with van der Waals surface area (Å²) < 4.78 is 71.0. The highest BCUT2D eigenvalue weighted by atomic mass is 79.9. The molecule has 2 aromatic rings. The zero-order valence-electron chi connectivity index (χ0n) is 12.0. The van der Waals surface area contributed by atoms with Crippen LogP contribution >= 0.6 is 15.9 Å². The number of carbonyl (C=O) groups excluding carboxylic acids is 1. The van der Waals surface area contributed by atoms with Gasteiger partial charge in [-0.25, -0.2) is 13.2 Å². The van der Waals surface area contributed by atoms with Crippen LogP contribution < -0.4 is 10.1 Å². The molecule has 0 bridgehead atoms. The monoisotopic (exact) mass is 409 g/mol. The molecule has 0 aliphatic rings. The number of nitrogens with one attached hydrogen (secondary N) is 1. The molecule has 0 radical (unpaired) electrons. The van der Waals surface area contributed by atoms with Gasteiger partial charge in [-0.2, -0.15) is 8.78 Å². The van der Waals surface area contributed by atoms with Gasteiger partial charge in [-0.3, -0.25) is 4.79 Å². The fourth-order valence-electron chi connectivity index (χ4n) is 1.80. The lowest BCUT2D eigenvalue weighted by Gasteiger charge is -2.11. The summed E-state index contributed by atoms with van der Waals surface area (Å²) >= 11 is 3.24. The van der Waals surface area contributed by atoms with Crippen molar-refractivity contribution in [3.63, 3.8) is 0 Å². The lowest BCUT2D eigenvalue weighted by atomic mass is 10.2. The molecule has 0 saturated heterocycles. The van der Waals surface area contributed by atoms with Gasteiger partial charge >= 0.3 is 0 Å². The molecule has 0 unspecified atom stereocenters. The van der Waals surface area contributed by atoms with E-state index in [4.69, 9.17) is 0 Å². The molecule has 0 spiro atoms. The molecule has 0 aliphatic carbocycles. The van der Waals surface area contributed by atoms with Gasteiger partial charge < -0.3 is 10.1 Å². The first-order chi connectivity index (χ1) is 11.2. The van der Waals surface area contributed by atoms with Gasteiger partial charge in [0.1, 0.15) is 0 Å². The molecular weight excluding hydrogens is 401 g/mol. The number of aryl methyl sites for hydroxylation is 1. The van der Waals surface area contributed by atoms with Crippen LogP contribution in [0.15, 0.2) is 22.7 Å². The van der Waals surface area contributed by atoms with E-state index < -0.39 is 47.3 Å². The second-order valence-electron chi connectivity index (χ2n) is 4.70. The van der Waals surface area contributed by atoms with Crippen LogP contribution in [-0.2, 0) is 4.79 Å². The van der Waals surface area contributed by atoms with Crippen molar-refractivity contribution < 1.29 is 31.5 Å². The van der Waals surface area contributed by atoms with E-state index in [9.17, 15) is 26.7 Å². The summed E-state index contributed by atoms with van der Waals surface area (Å²) in [7, 11) is 0. The minimum Gasteiger partial charge on any atom is -0.477 e. The Hall–Kier alpha value is -2.16. The van der Waals surface area contributed by atoms with E-state index in [1.807, 2.05) is 0 Å². The molecule has 0 aromatic heterocycles. The first-order valence-electron chi connectivity index (χ1n) is 6.42. The van der Waals surface area contributed by atoms with Crippen LogP contribution in [0.3, 0.4) is 0 Å². The third-order valence-electron chi connectivity index (χ3n) is 2.98. The summed E-state index contributed by atoms with van der Waals surface area (Å²) in [6, 6.07) is 4.92. The number of carbonyl (C=O) groups is 1. The summed E-state index contributed by atoms with van der Waals surface area (Å²) in [5.41, 5.74) is 1.10. The average Bonchev–Trinajstić information content (AvgIpc) is 2.53. The van der Waals surface area contributed by atoms with Gasteiger partial charge in [0.25, 0.3) is 5.91 Å². The van der Waals surface area contributed by atoms with Gasteiger partial charge in [0.2, 0.25) is 29.1 Å². The average molecular weight is 410 g/mol. The summed E-state index contributed by atoms with van der Waals surface area (Å²) in [4.78, 5) is 11.7. The Morgan fingerprint density at radius 2 is 1.58 bits per heavy atom. The lowest BCUT2D eigenvalue weighted by Crippen LogP contribution is -2.22. The van der Waals surface area contributed by atoms with Crippen LogP contribution in [0, 0.1) is 36.0 Å². The fraction of sp³-hybridized carbons (Fsp3) is 0.133. The van der Waals surface area contributed by atoms with Gasteiger partial charge in [-0.05, 0) is 30.7 Å². The number of rotatable bonds is 4. The summed E-state index contributed by atoms with van der Waals surface area (Å²) in [6.07, 6.45) is 0. The van der Waals surface area contributed by atoms with Crippen LogP contribution in [0.1, 0.15) is 5.56 Å². The Kier molecular flexibility index (Phi) is 5.43. The molecule has 2 aromatic carbocycles. The van der Waals surface area contributed by atoms with Crippen LogP contribution in [0.4, 0.5) is 27.6 Å². The molecule has 0 saturated carbocycles. The zero-order chi connectivity index (χ0) is 18.0. The lowest BCUT2D eigenvalue weighted by molar-refractivity contribution is -0.118. The number of amides is 1. The number of hydrogen-bond acceptors (Lipinski definition) is 2. The van der Waals surface area contributed by atoms with E-state index in [-0.39, 0.29) is 0 Å². The van der Waals surface area contributed by atoms with E-state index in [2.05, 4.69) is 26.0 Å². The first kappa shape index (κ1) is 18.2. The van der Waals surface area contributed by atoms with E-state index in [1.54, 1.807) is 25.1 Å². The normalized spacial score (nSPS) is 10.6. The first-order valence-corrected chi connectivity index (χ1v) is 7.22. The van der Waals surface area contributed by atoms with Crippen molar-refractivity contribution in [2.24, 2.45) is 0 Å². The van der Waals surface area contributed by atoms with Gasteiger partial charge in [0, 0.05) is 10.2 Å². The van der Waals surface area contributed by atoms with Crippen LogP contribution in [0.5, 0.6) is 5.75 Å². The van der Waals surface area contributed by atoms with Crippen molar-refractivity contribution in [3.05, 3.63) is 57.3 Å². The second kappa shape index (κ2) is 7.16. The van der Waals surface area contributed by atoms with E-state index in [1.165, 1.54) is 0 Å².